The normalized spacial score (nSPS) is 13.5. The van der Waals surface area contributed by atoms with Gasteiger partial charge in [-0.05, 0) is 35.2 Å². The highest BCUT2D eigenvalue weighted by atomic mass is 32.2. The fourth-order valence-electron chi connectivity index (χ4n) is 2.66. The van der Waals surface area contributed by atoms with Gasteiger partial charge in [0.2, 0.25) is 10.0 Å². The fourth-order valence-corrected chi connectivity index (χ4v) is 4.44. The van der Waals surface area contributed by atoms with Crippen molar-refractivity contribution in [1.29, 1.82) is 0 Å². The molecule has 3 heterocycles. The quantitative estimate of drug-likeness (QED) is 0.727. The first kappa shape index (κ1) is 17.0. The second kappa shape index (κ2) is 7.06. The van der Waals surface area contributed by atoms with E-state index in [9.17, 15) is 8.42 Å². The van der Waals surface area contributed by atoms with Gasteiger partial charge in [-0.1, -0.05) is 12.1 Å². The van der Waals surface area contributed by atoms with Crippen LogP contribution in [0.25, 0.3) is 10.6 Å². The molecular formula is C18H16N2O4S2. The molecule has 1 aromatic carbocycles. The molecule has 0 atom stereocenters. The van der Waals surface area contributed by atoms with Crippen LogP contribution >= 0.6 is 11.3 Å². The van der Waals surface area contributed by atoms with Gasteiger partial charge in [-0.15, -0.1) is 11.3 Å². The monoisotopic (exact) mass is 388 g/mol. The van der Waals surface area contributed by atoms with Crippen molar-refractivity contribution in [2.45, 2.75) is 11.4 Å². The number of fused-ring (bicyclic) bond motifs is 1. The van der Waals surface area contributed by atoms with Gasteiger partial charge in [0.15, 0.2) is 11.5 Å². The lowest BCUT2D eigenvalue weighted by Gasteiger charge is -2.19. The molecule has 0 bridgehead atoms. The Kier molecular flexibility index (Phi) is 4.62. The molecule has 0 radical (unpaired) electrons. The molecule has 8 heteroatoms. The first-order valence-corrected chi connectivity index (χ1v) is 10.4. The summed E-state index contributed by atoms with van der Waals surface area (Å²) in [6.07, 6.45) is 1.70. The average Bonchev–Trinajstić information content (AvgIpc) is 3.21. The molecule has 0 unspecified atom stereocenters. The van der Waals surface area contributed by atoms with Crippen molar-refractivity contribution in [1.82, 2.24) is 9.71 Å². The largest absolute Gasteiger partial charge is 0.486 e. The van der Waals surface area contributed by atoms with E-state index in [4.69, 9.17) is 9.47 Å². The Balaban J connectivity index is 1.56. The number of rotatable bonds is 5. The van der Waals surface area contributed by atoms with Gasteiger partial charge >= 0.3 is 0 Å². The van der Waals surface area contributed by atoms with Crippen LogP contribution in [0.3, 0.4) is 0 Å². The maximum absolute atomic E-state index is 12.7. The minimum atomic E-state index is -3.69. The number of pyridine rings is 1. The van der Waals surface area contributed by atoms with Crippen LogP contribution in [0.1, 0.15) is 5.56 Å². The third-order valence-electron chi connectivity index (χ3n) is 3.92. The molecule has 1 aliphatic rings. The minimum Gasteiger partial charge on any atom is -0.486 e. The van der Waals surface area contributed by atoms with E-state index in [-0.39, 0.29) is 11.4 Å². The molecule has 0 saturated heterocycles. The molecule has 2 aromatic heterocycles. The molecule has 4 rings (SSSR count). The summed E-state index contributed by atoms with van der Waals surface area (Å²) in [5, 5.41) is 1.97. The van der Waals surface area contributed by atoms with E-state index in [0.29, 0.717) is 24.7 Å². The molecule has 0 fully saturated rings. The topological polar surface area (TPSA) is 77.5 Å². The molecule has 26 heavy (non-hydrogen) atoms. The number of hydrogen-bond acceptors (Lipinski definition) is 6. The van der Waals surface area contributed by atoms with Crippen LogP contribution < -0.4 is 14.2 Å². The van der Waals surface area contributed by atoms with Gasteiger partial charge in [0.25, 0.3) is 0 Å². The second-order valence-corrected chi connectivity index (χ2v) is 8.33. The van der Waals surface area contributed by atoms with Gasteiger partial charge in [-0.3, -0.25) is 4.98 Å². The van der Waals surface area contributed by atoms with E-state index in [1.54, 1.807) is 29.7 Å². The Bertz CT molecular complexity index is 1020. The maximum Gasteiger partial charge on any atom is 0.241 e. The van der Waals surface area contributed by atoms with Crippen LogP contribution in [-0.4, -0.2) is 26.6 Å². The zero-order chi connectivity index (χ0) is 18.0. The predicted octanol–water partition coefficient (Wildman–Crippen LogP) is 3.06. The van der Waals surface area contributed by atoms with E-state index >= 15 is 0 Å². The number of thiophene rings is 1. The molecule has 3 aromatic rings. The standard InChI is InChI=1S/C18H16N2O4S2/c21-26(22,14-5-6-15-16(11-14)24-9-8-23-15)20-12-13-3-1-7-19-18(13)17-4-2-10-25-17/h1-7,10-11,20H,8-9,12H2. The van der Waals surface area contributed by atoms with Gasteiger partial charge in [0.1, 0.15) is 13.2 Å². The number of ether oxygens (including phenoxy) is 2. The van der Waals surface area contributed by atoms with E-state index in [0.717, 1.165) is 16.1 Å². The molecule has 6 nitrogen and oxygen atoms in total. The average molecular weight is 388 g/mol. The summed E-state index contributed by atoms with van der Waals surface area (Å²) in [5.74, 6) is 1.00. The molecule has 0 aliphatic carbocycles. The van der Waals surface area contributed by atoms with Gasteiger partial charge in [-0.25, -0.2) is 13.1 Å². The van der Waals surface area contributed by atoms with Crippen molar-refractivity contribution in [2.24, 2.45) is 0 Å². The number of benzene rings is 1. The summed E-state index contributed by atoms with van der Waals surface area (Å²) in [5.41, 5.74) is 1.60. The van der Waals surface area contributed by atoms with Gasteiger partial charge in [-0.2, -0.15) is 0 Å². The van der Waals surface area contributed by atoms with Crippen LogP contribution in [0.5, 0.6) is 11.5 Å². The van der Waals surface area contributed by atoms with E-state index in [1.165, 1.54) is 12.1 Å². The highest BCUT2D eigenvalue weighted by Crippen LogP contribution is 2.32. The summed E-state index contributed by atoms with van der Waals surface area (Å²) in [4.78, 5) is 5.53. The third kappa shape index (κ3) is 3.44. The maximum atomic E-state index is 12.7. The first-order chi connectivity index (χ1) is 12.6. The first-order valence-electron chi connectivity index (χ1n) is 8.00. The van der Waals surface area contributed by atoms with Crippen LogP contribution in [0, 0.1) is 0 Å². The zero-order valence-electron chi connectivity index (χ0n) is 13.7. The Labute approximate surface area is 155 Å². The minimum absolute atomic E-state index is 0.142. The molecule has 0 amide bonds. The second-order valence-electron chi connectivity index (χ2n) is 5.62. The molecule has 1 N–H and O–H groups in total. The Hall–Kier alpha value is -2.42. The van der Waals surface area contributed by atoms with Crippen molar-refractivity contribution >= 4 is 21.4 Å². The Morgan fingerprint density at radius 1 is 1.08 bits per heavy atom. The van der Waals surface area contributed by atoms with Crippen molar-refractivity contribution in [2.75, 3.05) is 13.2 Å². The SMILES string of the molecule is O=S(=O)(NCc1cccnc1-c1cccs1)c1ccc2c(c1)OCCO2. The summed E-state index contributed by atoms with van der Waals surface area (Å²) in [7, 11) is -3.69. The van der Waals surface area contributed by atoms with Crippen LogP contribution in [0.4, 0.5) is 0 Å². The zero-order valence-corrected chi connectivity index (χ0v) is 15.3. The van der Waals surface area contributed by atoms with Crippen molar-refractivity contribution < 1.29 is 17.9 Å². The highest BCUT2D eigenvalue weighted by molar-refractivity contribution is 7.89. The molecule has 0 saturated carbocycles. The van der Waals surface area contributed by atoms with Crippen LogP contribution in [0.2, 0.25) is 0 Å². The molecule has 1 aliphatic heterocycles. The van der Waals surface area contributed by atoms with E-state index in [2.05, 4.69) is 9.71 Å². The summed E-state index contributed by atoms with van der Waals surface area (Å²) in [6.45, 7) is 1.02. The number of sulfonamides is 1. The Morgan fingerprint density at radius 2 is 1.92 bits per heavy atom. The van der Waals surface area contributed by atoms with Gasteiger partial charge in [0.05, 0.1) is 15.5 Å². The lowest BCUT2D eigenvalue weighted by atomic mass is 10.2. The molecule has 0 spiro atoms. The predicted molar refractivity (Wildman–Crippen MR) is 99.0 cm³/mol. The van der Waals surface area contributed by atoms with E-state index < -0.39 is 10.0 Å². The van der Waals surface area contributed by atoms with E-state index in [1.807, 2.05) is 23.6 Å². The Morgan fingerprint density at radius 3 is 2.73 bits per heavy atom. The summed E-state index contributed by atoms with van der Waals surface area (Å²) < 4.78 is 38.9. The number of nitrogens with one attached hydrogen (secondary N) is 1. The van der Waals surface area contributed by atoms with Crippen LogP contribution in [-0.2, 0) is 16.6 Å². The summed E-state index contributed by atoms with van der Waals surface area (Å²) in [6, 6.07) is 12.2. The molecular weight excluding hydrogens is 372 g/mol. The number of hydrogen-bond donors (Lipinski definition) is 1. The number of nitrogens with zero attached hydrogens (tertiary/aromatic N) is 1. The number of aromatic nitrogens is 1. The fraction of sp³-hybridized carbons (Fsp3) is 0.167. The van der Waals surface area contributed by atoms with Gasteiger partial charge in [0, 0.05) is 18.8 Å². The van der Waals surface area contributed by atoms with Crippen LogP contribution in [0.15, 0.2) is 58.9 Å². The van der Waals surface area contributed by atoms with Crippen molar-refractivity contribution in [3.05, 3.63) is 59.6 Å². The van der Waals surface area contributed by atoms with Gasteiger partial charge < -0.3 is 9.47 Å². The lowest BCUT2D eigenvalue weighted by molar-refractivity contribution is 0.171. The smallest absolute Gasteiger partial charge is 0.241 e. The van der Waals surface area contributed by atoms with Crippen molar-refractivity contribution in [3.63, 3.8) is 0 Å². The summed E-state index contributed by atoms with van der Waals surface area (Å²) >= 11 is 1.57. The highest BCUT2D eigenvalue weighted by Gasteiger charge is 2.20. The third-order valence-corrected chi connectivity index (χ3v) is 6.20. The van der Waals surface area contributed by atoms with Crippen molar-refractivity contribution in [3.8, 4) is 22.1 Å². The molecule has 134 valence electrons. The lowest BCUT2D eigenvalue weighted by Crippen LogP contribution is -2.24.